The second-order valence-electron chi connectivity index (χ2n) is 4.67. The van der Waals surface area contributed by atoms with Crippen molar-refractivity contribution < 1.29 is 0 Å². The zero-order chi connectivity index (χ0) is 12.3. The Morgan fingerprint density at radius 2 is 2.18 bits per heavy atom. The highest BCUT2D eigenvalue weighted by Crippen LogP contribution is 2.31. The number of aryl methyl sites for hydroxylation is 2. The Kier molecular flexibility index (Phi) is 4.26. The Bertz CT molecular complexity index is 361. The van der Waals surface area contributed by atoms with Gasteiger partial charge in [0.15, 0.2) is 0 Å². The molecule has 2 atom stereocenters. The summed E-state index contributed by atoms with van der Waals surface area (Å²) in [4.78, 5) is 8.74. The lowest BCUT2D eigenvalue weighted by Gasteiger charge is -2.14. The summed E-state index contributed by atoms with van der Waals surface area (Å²) in [5, 5.41) is 4.38. The molecule has 1 saturated carbocycles. The number of aromatic nitrogens is 2. The molecule has 1 aromatic heterocycles. The van der Waals surface area contributed by atoms with Gasteiger partial charge in [-0.3, -0.25) is 0 Å². The number of rotatable bonds is 4. The van der Waals surface area contributed by atoms with Gasteiger partial charge in [0.25, 0.3) is 0 Å². The minimum Gasteiger partial charge on any atom is -0.367 e. The molecule has 0 saturated heterocycles. The van der Waals surface area contributed by atoms with E-state index in [9.17, 15) is 0 Å². The SMILES string of the molecule is CCSC1CCC(Nc2cc(C)nc(C)n2)C1. The maximum atomic E-state index is 4.44. The molecule has 2 unspecified atom stereocenters. The first kappa shape index (κ1) is 12.7. The number of nitrogens with zero attached hydrogens (tertiary/aromatic N) is 2. The molecule has 1 fully saturated rings. The highest BCUT2D eigenvalue weighted by atomic mass is 32.2. The fourth-order valence-electron chi connectivity index (χ4n) is 2.46. The summed E-state index contributed by atoms with van der Waals surface area (Å²) < 4.78 is 0. The summed E-state index contributed by atoms with van der Waals surface area (Å²) in [6.45, 7) is 6.20. The molecule has 3 nitrogen and oxygen atoms in total. The van der Waals surface area contributed by atoms with E-state index < -0.39 is 0 Å². The lowest BCUT2D eigenvalue weighted by molar-refractivity contribution is 0.749. The average molecular weight is 251 g/mol. The minimum atomic E-state index is 0.591. The second-order valence-corrected chi connectivity index (χ2v) is 6.25. The van der Waals surface area contributed by atoms with Crippen molar-refractivity contribution in [2.24, 2.45) is 0 Å². The lowest BCUT2D eigenvalue weighted by Crippen LogP contribution is -2.17. The van der Waals surface area contributed by atoms with E-state index in [0.29, 0.717) is 6.04 Å². The molecule has 2 rings (SSSR count). The molecule has 0 radical (unpaired) electrons. The first-order valence-corrected chi connectivity index (χ1v) is 7.42. The largest absolute Gasteiger partial charge is 0.367 e. The van der Waals surface area contributed by atoms with Crippen LogP contribution in [0, 0.1) is 13.8 Å². The molecule has 0 bridgehead atoms. The van der Waals surface area contributed by atoms with Crippen LogP contribution in [0.5, 0.6) is 0 Å². The van der Waals surface area contributed by atoms with Gasteiger partial charge in [-0.1, -0.05) is 6.92 Å². The third kappa shape index (κ3) is 3.60. The third-order valence-electron chi connectivity index (χ3n) is 3.10. The summed E-state index contributed by atoms with van der Waals surface area (Å²) in [6, 6.07) is 2.63. The van der Waals surface area contributed by atoms with E-state index in [-0.39, 0.29) is 0 Å². The maximum Gasteiger partial charge on any atom is 0.130 e. The predicted octanol–water partition coefficient (Wildman–Crippen LogP) is 3.18. The zero-order valence-electron chi connectivity index (χ0n) is 10.9. The lowest BCUT2D eigenvalue weighted by atomic mass is 10.2. The van der Waals surface area contributed by atoms with Crippen molar-refractivity contribution in [3.63, 3.8) is 0 Å². The number of hydrogen-bond donors (Lipinski definition) is 1. The molecule has 0 aromatic carbocycles. The van der Waals surface area contributed by atoms with Crippen LogP contribution in [0.1, 0.15) is 37.7 Å². The van der Waals surface area contributed by atoms with E-state index in [2.05, 4.69) is 34.0 Å². The molecule has 17 heavy (non-hydrogen) atoms. The molecule has 1 aliphatic rings. The Labute approximate surface area is 108 Å². The summed E-state index contributed by atoms with van der Waals surface area (Å²) in [6.07, 6.45) is 3.86. The fraction of sp³-hybridized carbons (Fsp3) is 0.692. The van der Waals surface area contributed by atoms with Gasteiger partial charge in [-0.25, -0.2) is 9.97 Å². The van der Waals surface area contributed by atoms with Crippen molar-refractivity contribution in [3.8, 4) is 0 Å². The van der Waals surface area contributed by atoms with Crippen molar-refractivity contribution >= 4 is 17.6 Å². The van der Waals surface area contributed by atoms with Crippen LogP contribution in [0.4, 0.5) is 5.82 Å². The smallest absolute Gasteiger partial charge is 0.130 e. The highest BCUT2D eigenvalue weighted by Gasteiger charge is 2.24. The molecule has 1 heterocycles. The Hall–Kier alpha value is -0.770. The van der Waals surface area contributed by atoms with Crippen molar-refractivity contribution in [1.29, 1.82) is 0 Å². The monoisotopic (exact) mass is 251 g/mol. The summed E-state index contributed by atoms with van der Waals surface area (Å²) >= 11 is 2.09. The number of anilines is 1. The molecular weight excluding hydrogens is 230 g/mol. The van der Waals surface area contributed by atoms with Crippen LogP contribution < -0.4 is 5.32 Å². The Morgan fingerprint density at radius 1 is 1.35 bits per heavy atom. The topological polar surface area (TPSA) is 37.8 Å². The minimum absolute atomic E-state index is 0.591. The number of thioether (sulfide) groups is 1. The van der Waals surface area contributed by atoms with Crippen LogP contribution in [-0.2, 0) is 0 Å². The van der Waals surface area contributed by atoms with E-state index in [1.165, 1.54) is 25.0 Å². The first-order chi connectivity index (χ1) is 8.17. The van der Waals surface area contributed by atoms with E-state index >= 15 is 0 Å². The van der Waals surface area contributed by atoms with Gasteiger partial charge in [-0.15, -0.1) is 0 Å². The molecule has 0 amide bonds. The van der Waals surface area contributed by atoms with Crippen molar-refractivity contribution in [1.82, 2.24) is 9.97 Å². The van der Waals surface area contributed by atoms with Gasteiger partial charge in [-0.05, 0) is 38.9 Å². The van der Waals surface area contributed by atoms with Gasteiger partial charge in [0, 0.05) is 23.1 Å². The van der Waals surface area contributed by atoms with Crippen LogP contribution >= 0.6 is 11.8 Å². The quantitative estimate of drug-likeness (QED) is 0.892. The van der Waals surface area contributed by atoms with Crippen LogP contribution in [0.25, 0.3) is 0 Å². The summed E-state index contributed by atoms with van der Waals surface area (Å²) in [5.41, 5.74) is 1.04. The fourth-order valence-corrected chi connectivity index (χ4v) is 3.60. The molecule has 0 spiro atoms. The van der Waals surface area contributed by atoms with Crippen LogP contribution in [-0.4, -0.2) is 27.0 Å². The normalized spacial score (nSPS) is 23.9. The predicted molar refractivity (Wildman–Crippen MR) is 74.7 cm³/mol. The molecule has 0 aliphatic heterocycles. The van der Waals surface area contributed by atoms with Gasteiger partial charge >= 0.3 is 0 Å². The summed E-state index contributed by atoms with van der Waals surface area (Å²) in [7, 11) is 0. The number of hydrogen-bond acceptors (Lipinski definition) is 4. The van der Waals surface area contributed by atoms with Gasteiger partial charge < -0.3 is 5.32 Å². The first-order valence-electron chi connectivity index (χ1n) is 6.37. The second kappa shape index (κ2) is 5.71. The van der Waals surface area contributed by atoms with Crippen LogP contribution in [0.3, 0.4) is 0 Å². The van der Waals surface area contributed by atoms with E-state index in [1.807, 2.05) is 19.9 Å². The standard InChI is InChI=1S/C13H21N3S/c1-4-17-12-6-5-11(8-12)16-13-7-9(2)14-10(3)15-13/h7,11-12H,4-6,8H2,1-3H3,(H,14,15,16). The highest BCUT2D eigenvalue weighted by molar-refractivity contribution is 7.99. The molecule has 1 N–H and O–H groups in total. The van der Waals surface area contributed by atoms with Gasteiger partial charge in [-0.2, -0.15) is 11.8 Å². The van der Waals surface area contributed by atoms with E-state index in [0.717, 1.165) is 22.6 Å². The van der Waals surface area contributed by atoms with E-state index in [1.54, 1.807) is 0 Å². The third-order valence-corrected chi connectivity index (χ3v) is 4.34. The van der Waals surface area contributed by atoms with Crippen molar-refractivity contribution in [2.75, 3.05) is 11.1 Å². The van der Waals surface area contributed by atoms with Gasteiger partial charge in [0.1, 0.15) is 11.6 Å². The molecule has 94 valence electrons. The van der Waals surface area contributed by atoms with Gasteiger partial charge in [0.2, 0.25) is 0 Å². The average Bonchev–Trinajstić information content (AvgIpc) is 2.64. The van der Waals surface area contributed by atoms with Gasteiger partial charge in [0.05, 0.1) is 0 Å². The van der Waals surface area contributed by atoms with Crippen LogP contribution in [0.2, 0.25) is 0 Å². The molecular formula is C13H21N3S. The maximum absolute atomic E-state index is 4.44. The Balaban J connectivity index is 1.93. The number of nitrogens with one attached hydrogen (secondary N) is 1. The Morgan fingerprint density at radius 3 is 2.88 bits per heavy atom. The molecule has 4 heteroatoms. The zero-order valence-corrected chi connectivity index (χ0v) is 11.7. The molecule has 1 aromatic rings. The van der Waals surface area contributed by atoms with Crippen LogP contribution in [0.15, 0.2) is 6.07 Å². The summed E-state index contributed by atoms with van der Waals surface area (Å²) in [5.74, 6) is 3.07. The molecule has 1 aliphatic carbocycles. The van der Waals surface area contributed by atoms with E-state index in [4.69, 9.17) is 0 Å². The van der Waals surface area contributed by atoms with Crippen molar-refractivity contribution in [3.05, 3.63) is 17.6 Å². The van der Waals surface area contributed by atoms with Crippen molar-refractivity contribution in [2.45, 2.75) is 51.3 Å².